The van der Waals surface area contributed by atoms with E-state index in [1.165, 1.54) is 71.1 Å². The predicted octanol–water partition coefficient (Wildman–Crippen LogP) is 0.791. The van der Waals surface area contributed by atoms with Gasteiger partial charge in [0, 0.05) is 22.8 Å². The third kappa shape index (κ3) is 6.06. The van der Waals surface area contributed by atoms with Crippen LogP contribution in [-0.2, 0) is 29.2 Å². The lowest BCUT2D eigenvalue weighted by Gasteiger charge is -2.49. The number of thioether (sulfide) groups is 2. The summed E-state index contributed by atoms with van der Waals surface area (Å²) in [7, 11) is -2.31. The van der Waals surface area contributed by atoms with Gasteiger partial charge in [0.25, 0.3) is 11.8 Å². The molecule has 1 saturated heterocycles. The number of β-lactam (4-membered cyclic amide) rings is 1. The number of amides is 2. The number of hydrogen-bond acceptors (Lipinski definition) is 12. The van der Waals surface area contributed by atoms with Crippen LogP contribution in [0.5, 0.6) is 0 Å². The number of aliphatic carboxylic acids is 1. The fourth-order valence-corrected chi connectivity index (χ4v) is 7.17. The molecule has 17 heteroatoms. The average molecular weight is 585 g/mol. The molecule has 0 spiro atoms. The molecule has 2 aromatic rings. The zero-order chi connectivity index (χ0) is 26.7. The third-order valence-corrected chi connectivity index (χ3v) is 8.98. The summed E-state index contributed by atoms with van der Waals surface area (Å²) in [4.78, 5) is 44.1. The Kier molecular flexibility index (Phi) is 8.05. The minimum absolute atomic E-state index is 0.0957. The van der Waals surface area contributed by atoms with Crippen molar-refractivity contribution in [3.05, 3.63) is 46.6 Å². The van der Waals surface area contributed by atoms with Crippen LogP contribution < -0.4 is 10.0 Å². The molecule has 0 aliphatic carbocycles. The van der Waals surface area contributed by atoms with Crippen LogP contribution in [0, 0.1) is 0 Å². The highest BCUT2D eigenvalue weighted by atomic mass is 32.2. The normalized spacial score (nSPS) is 19.7. The number of carboxylic acids is 1. The molecule has 2 atom stereocenters. The van der Waals surface area contributed by atoms with E-state index in [9.17, 15) is 27.9 Å². The van der Waals surface area contributed by atoms with Crippen molar-refractivity contribution in [1.29, 1.82) is 0 Å². The van der Waals surface area contributed by atoms with E-state index in [1.807, 2.05) is 0 Å². The van der Waals surface area contributed by atoms with Crippen molar-refractivity contribution in [3.8, 4) is 0 Å². The van der Waals surface area contributed by atoms with Crippen LogP contribution in [0.4, 0.5) is 5.69 Å². The minimum atomic E-state index is -3.55. The molecule has 2 amide bonds. The molecular formula is C20H20N6O7S4. The average Bonchev–Trinajstić information content (AvgIpc) is 3.36. The fraction of sp³-hybridized carbons (Fsp3) is 0.300. The van der Waals surface area contributed by atoms with Gasteiger partial charge in [0.1, 0.15) is 29.7 Å². The fourth-order valence-electron chi connectivity index (χ4n) is 3.64. The lowest BCUT2D eigenvalue weighted by atomic mass is 10.0. The maximum absolute atomic E-state index is 13.1. The van der Waals surface area contributed by atoms with Crippen LogP contribution in [0.15, 0.2) is 50.5 Å². The molecule has 2 aliphatic heterocycles. The Morgan fingerprint density at radius 2 is 2.16 bits per heavy atom. The first-order valence-electron chi connectivity index (χ1n) is 10.4. The lowest BCUT2D eigenvalue weighted by Crippen LogP contribution is -2.71. The van der Waals surface area contributed by atoms with Gasteiger partial charge >= 0.3 is 5.97 Å². The number of nitrogens with zero attached hydrogens (tertiary/aromatic N) is 4. The van der Waals surface area contributed by atoms with E-state index in [0.717, 1.165) is 6.26 Å². The summed E-state index contributed by atoms with van der Waals surface area (Å²) in [6, 6.07) is 4.97. The zero-order valence-corrected chi connectivity index (χ0v) is 22.5. The Bertz CT molecular complexity index is 1390. The van der Waals surface area contributed by atoms with Gasteiger partial charge in [-0.3, -0.25) is 19.2 Å². The van der Waals surface area contributed by atoms with E-state index in [0.29, 0.717) is 21.4 Å². The van der Waals surface area contributed by atoms with Gasteiger partial charge in [-0.15, -0.1) is 22.0 Å². The maximum Gasteiger partial charge on any atom is 0.352 e. The summed E-state index contributed by atoms with van der Waals surface area (Å²) in [5.41, 5.74) is 2.32. The molecule has 1 fully saturated rings. The van der Waals surface area contributed by atoms with Gasteiger partial charge < -0.3 is 15.3 Å². The van der Waals surface area contributed by atoms with Gasteiger partial charge in [0.2, 0.25) is 10.0 Å². The highest BCUT2D eigenvalue weighted by Gasteiger charge is 2.54. The Balaban J connectivity index is 1.50. The van der Waals surface area contributed by atoms with Crippen molar-refractivity contribution in [3.63, 3.8) is 0 Å². The third-order valence-electron chi connectivity index (χ3n) is 5.08. The number of anilines is 1. The Morgan fingerprint density at radius 3 is 2.81 bits per heavy atom. The quantitative estimate of drug-likeness (QED) is 0.155. The van der Waals surface area contributed by atoms with Gasteiger partial charge in [-0.2, -0.15) is 0 Å². The summed E-state index contributed by atoms with van der Waals surface area (Å²) in [6.07, 6.45) is 0.993. The molecule has 0 bridgehead atoms. The van der Waals surface area contributed by atoms with Gasteiger partial charge in [-0.1, -0.05) is 40.4 Å². The molecule has 4 rings (SSSR count). The molecule has 3 N–H and O–H groups in total. The van der Waals surface area contributed by atoms with Crippen molar-refractivity contribution >= 4 is 74.1 Å². The Labute approximate surface area is 223 Å². The summed E-state index contributed by atoms with van der Waals surface area (Å²) in [5, 5.41) is 23.3. The van der Waals surface area contributed by atoms with E-state index in [2.05, 4.69) is 25.4 Å². The monoisotopic (exact) mass is 584 g/mol. The number of aromatic nitrogens is 2. The SMILES string of the molecule is CON=C(C(=O)NC1C(=O)N2C(C(=O)O)=C(CSc3nncs3)CS[C@@H]12)c1cccc(NS(C)(=O)=O)c1. The second-order valence-corrected chi connectivity index (χ2v) is 12.6. The summed E-state index contributed by atoms with van der Waals surface area (Å²) in [5.74, 6) is -1.85. The summed E-state index contributed by atoms with van der Waals surface area (Å²) < 4.78 is 26.1. The van der Waals surface area contributed by atoms with Crippen LogP contribution in [0.25, 0.3) is 0 Å². The van der Waals surface area contributed by atoms with Crippen LogP contribution >= 0.6 is 34.9 Å². The van der Waals surface area contributed by atoms with E-state index < -0.39 is 39.2 Å². The molecular weight excluding hydrogens is 565 g/mol. The molecule has 0 radical (unpaired) electrons. The molecule has 37 heavy (non-hydrogen) atoms. The number of carbonyl (C=O) groups is 3. The van der Waals surface area contributed by atoms with Crippen molar-refractivity contribution in [1.82, 2.24) is 20.4 Å². The molecule has 2 aliphatic rings. The second kappa shape index (κ2) is 11.1. The highest BCUT2D eigenvalue weighted by Crippen LogP contribution is 2.41. The number of fused-ring (bicyclic) bond motifs is 1. The maximum atomic E-state index is 13.1. The molecule has 1 aromatic carbocycles. The van der Waals surface area contributed by atoms with Crippen molar-refractivity contribution < 1.29 is 32.7 Å². The molecule has 1 unspecified atom stereocenters. The number of nitrogens with one attached hydrogen (secondary N) is 2. The molecule has 3 heterocycles. The topological polar surface area (TPSA) is 180 Å². The molecule has 196 valence electrons. The molecule has 0 saturated carbocycles. The molecule has 13 nitrogen and oxygen atoms in total. The van der Waals surface area contributed by atoms with Gasteiger partial charge in [0.15, 0.2) is 10.1 Å². The van der Waals surface area contributed by atoms with Gasteiger partial charge in [0.05, 0.1) is 6.26 Å². The van der Waals surface area contributed by atoms with Crippen molar-refractivity contribution in [2.45, 2.75) is 15.8 Å². The largest absolute Gasteiger partial charge is 0.477 e. The van der Waals surface area contributed by atoms with E-state index in [4.69, 9.17) is 4.84 Å². The Morgan fingerprint density at radius 1 is 1.38 bits per heavy atom. The number of oxime groups is 1. The minimum Gasteiger partial charge on any atom is -0.477 e. The van der Waals surface area contributed by atoms with Crippen LogP contribution in [0.1, 0.15) is 5.56 Å². The second-order valence-electron chi connectivity index (χ2n) is 7.69. The highest BCUT2D eigenvalue weighted by molar-refractivity contribution is 8.01. The first-order chi connectivity index (χ1) is 17.6. The zero-order valence-electron chi connectivity index (χ0n) is 19.3. The summed E-state index contributed by atoms with van der Waals surface area (Å²) >= 11 is 4.01. The smallest absolute Gasteiger partial charge is 0.352 e. The standard InChI is InChI=1S/C20H20N6O7S4/c1-33-24-13(10-4-3-5-12(6-10)25-37(2,31)32)16(27)22-14-17(28)26-15(19(29)30)11(7-34-18(14)26)8-35-20-23-21-9-36-20/h3-6,9,14,18,25H,7-8H2,1-2H3,(H,22,27)(H,29,30)/t14?,18-/m0/s1. The number of benzene rings is 1. The van der Waals surface area contributed by atoms with Crippen molar-refractivity contribution in [2.75, 3.05) is 29.6 Å². The first-order valence-corrected chi connectivity index (χ1v) is 15.2. The Hall–Kier alpha value is -3.15. The van der Waals surface area contributed by atoms with Gasteiger partial charge in [-0.05, 0) is 17.7 Å². The van der Waals surface area contributed by atoms with Gasteiger partial charge in [-0.25, -0.2) is 13.2 Å². The van der Waals surface area contributed by atoms with E-state index in [-0.39, 0.29) is 22.7 Å². The molecule has 1 aromatic heterocycles. The predicted molar refractivity (Wildman–Crippen MR) is 139 cm³/mol. The van der Waals surface area contributed by atoms with E-state index in [1.54, 1.807) is 5.51 Å². The van der Waals surface area contributed by atoms with Crippen LogP contribution in [-0.4, -0.2) is 88.4 Å². The number of rotatable bonds is 10. The number of carboxylic acid groups (broad SMARTS) is 1. The van der Waals surface area contributed by atoms with Crippen LogP contribution in [0.3, 0.4) is 0 Å². The summed E-state index contributed by atoms with van der Waals surface area (Å²) in [6.45, 7) is 0. The van der Waals surface area contributed by atoms with E-state index >= 15 is 0 Å². The van der Waals surface area contributed by atoms with Crippen LogP contribution in [0.2, 0.25) is 0 Å². The number of sulfonamides is 1. The number of hydrogen-bond donors (Lipinski definition) is 3. The van der Waals surface area contributed by atoms with Crippen molar-refractivity contribution in [2.24, 2.45) is 5.16 Å². The lowest BCUT2D eigenvalue weighted by molar-refractivity contribution is -0.150. The first kappa shape index (κ1) is 26.9. The number of carbonyl (C=O) groups excluding carboxylic acids is 2.